The average Bonchev–Trinajstić information content (AvgIpc) is 3.42. The molecule has 1 aliphatic rings. The molecule has 0 atom stereocenters. The van der Waals surface area contributed by atoms with Crippen LogP contribution in [0.2, 0.25) is 0 Å². The van der Waals surface area contributed by atoms with Crippen LogP contribution in [-0.4, -0.2) is 51.3 Å². The number of nitrogens with zero attached hydrogens (tertiary/aromatic N) is 4. The van der Waals surface area contributed by atoms with E-state index >= 15 is 0 Å². The molecule has 1 saturated heterocycles. The highest BCUT2D eigenvalue weighted by Crippen LogP contribution is 2.20. The van der Waals surface area contributed by atoms with Gasteiger partial charge in [-0.25, -0.2) is 4.68 Å². The molecular formula is C23H29N5O. The maximum absolute atomic E-state index is 12.9. The fourth-order valence-electron chi connectivity index (χ4n) is 3.88. The van der Waals surface area contributed by atoms with Gasteiger partial charge in [-0.15, -0.1) is 0 Å². The molecule has 0 spiro atoms. The van der Waals surface area contributed by atoms with Crippen LogP contribution in [0.5, 0.6) is 0 Å². The molecule has 2 aromatic heterocycles. The van der Waals surface area contributed by atoms with E-state index in [-0.39, 0.29) is 5.91 Å². The lowest BCUT2D eigenvalue weighted by atomic mass is 10.1. The fraction of sp³-hybridized carbons (Fsp3) is 0.391. The number of amides is 1. The first-order valence-electron chi connectivity index (χ1n) is 10.5. The molecule has 4 rings (SSSR count). The van der Waals surface area contributed by atoms with Crippen LogP contribution in [0.4, 0.5) is 0 Å². The number of rotatable bonds is 7. The summed E-state index contributed by atoms with van der Waals surface area (Å²) in [6, 6.07) is 12.1. The summed E-state index contributed by atoms with van der Waals surface area (Å²) in [6.07, 6.45) is 10.4. The van der Waals surface area contributed by atoms with Crippen molar-refractivity contribution in [1.82, 2.24) is 24.6 Å². The van der Waals surface area contributed by atoms with Crippen LogP contribution >= 0.6 is 0 Å². The topological polar surface area (TPSA) is 55.1 Å². The zero-order valence-corrected chi connectivity index (χ0v) is 17.1. The first-order valence-corrected chi connectivity index (χ1v) is 10.5. The van der Waals surface area contributed by atoms with Gasteiger partial charge in [0.2, 0.25) is 0 Å². The Hall–Kier alpha value is -2.86. The minimum atomic E-state index is -0.0781. The third kappa shape index (κ3) is 4.59. The van der Waals surface area contributed by atoms with Gasteiger partial charge in [0.1, 0.15) is 5.56 Å². The normalized spacial score (nSPS) is 14.8. The standard InChI is InChI=1S/C23H29N5O/c1-19-8-10-20(11-9-19)28-23(27-16-5-6-17-27)21(18-25-28)22(29)24-12-7-15-26-13-3-2-4-14-26/h5-6,8-11,16-18H,2-4,7,12-15H2,1H3,(H,24,29). The van der Waals surface area contributed by atoms with Crippen molar-refractivity contribution in [3.63, 3.8) is 0 Å². The van der Waals surface area contributed by atoms with E-state index < -0.39 is 0 Å². The molecule has 1 amide bonds. The minimum absolute atomic E-state index is 0.0781. The summed E-state index contributed by atoms with van der Waals surface area (Å²) in [5, 5.41) is 7.60. The smallest absolute Gasteiger partial charge is 0.256 e. The van der Waals surface area contributed by atoms with Gasteiger partial charge in [0.25, 0.3) is 5.91 Å². The maximum Gasteiger partial charge on any atom is 0.256 e. The summed E-state index contributed by atoms with van der Waals surface area (Å²) in [4.78, 5) is 15.4. The number of carbonyl (C=O) groups is 1. The highest BCUT2D eigenvalue weighted by Gasteiger charge is 2.19. The summed E-state index contributed by atoms with van der Waals surface area (Å²) in [5.41, 5.74) is 2.71. The predicted molar refractivity (Wildman–Crippen MR) is 115 cm³/mol. The number of aryl methyl sites for hydroxylation is 1. The third-order valence-electron chi connectivity index (χ3n) is 5.50. The second kappa shape index (κ2) is 9.09. The van der Waals surface area contributed by atoms with Gasteiger partial charge < -0.3 is 14.8 Å². The van der Waals surface area contributed by atoms with Crippen molar-refractivity contribution in [3.05, 3.63) is 66.1 Å². The highest BCUT2D eigenvalue weighted by molar-refractivity contribution is 5.97. The van der Waals surface area contributed by atoms with Crippen LogP contribution in [-0.2, 0) is 0 Å². The predicted octanol–water partition coefficient (Wildman–Crippen LogP) is 3.58. The van der Waals surface area contributed by atoms with E-state index in [9.17, 15) is 4.79 Å². The molecule has 0 aliphatic carbocycles. The monoisotopic (exact) mass is 391 g/mol. The van der Waals surface area contributed by atoms with Crippen molar-refractivity contribution in [1.29, 1.82) is 0 Å². The Labute approximate surface area is 172 Å². The van der Waals surface area contributed by atoms with Crippen LogP contribution in [0.3, 0.4) is 0 Å². The van der Waals surface area contributed by atoms with Crippen LogP contribution in [0.25, 0.3) is 11.5 Å². The number of hydrogen-bond donors (Lipinski definition) is 1. The fourth-order valence-corrected chi connectivity index (χ4v) is 3.88. The van der Waals surface area contributed by atoms with Crippen molar-refractivity contribution in [3.8, 4) is 11.5 Å². The molecule has 3 heterocycles. The molecule has 0 unspecified atom stereocenters. The first-order chi connectivity index (χ1) is 14.2. The van der Waals surface area contributed by atoms with E-state index in [1.54, 1.807) is 6.20 Å². The second-order valence-electron chi connectivity index (χ2n) is 7.73. The number of likely N-dealkylation sites (tertiary alicyclic amines) is 1. The molecule has 29 heavy (non-hydrogen) atoms. The molecule has 0 radical (unpaired) electrons. The zero-order chi connectivity index (χ0) is 20.1. The Morgan fingerprint density at radius 3 is 2.52 bits per heavy atom. The Kier molecular flexibility index (Phi) is 6.10. The third-order valence-corrected chi connectivity index (χ3v) is 5.50. The molecule has 152 valence electrons. The van der Waals surface area contributed by atoms with E-state index in [1.165, 1.54) is 37.9 Å². The van der Waals surface area contributed by atoms with Gasteiger partial charge in [-0.05, 0) is 70.1 Å². The van der Waals surface area contributed by atoms with E-state index in [4.69, 9.17) is 0 Å². The molecule has 3 aromatic rings. The van der Waals surface area contributed by atoms with E-state index in [0.717, 1.165) is 24.5 Å². The van der Waals surface area contributed by atoms with Gasteiger partial charge in [-0.3, -0.25) is 4.79 Å². The first kappa shape index (κ1) is 19.5. The Morgan fingerprint density at radius 1 is 1.07 bits per heavy atom. The molecule has 1 fully saturated rings. The molecule has 1 N–H and O–H groups in total. The SMILES string of the molecule is Cc1ccc(-n2ncc(C(=O)NCCCN3CCCCC3)c2-n2cccc2)cc1. The average molecular weight is 392 g/mol. The maximum atomic E-state index is 12.9. The van der Waals surface area contributed by atoms with Gasteiger partial charge in [0.05, 0.1) is 11.9 Å². The number of hydrogen-bond acceptors (Lipinski definition) is 3. The molecule has 1 aliphatic heterocycles. The lowest BCUT2D eigenvalue weighted by Gasteiger charge is -2.26. The number of carbonyl (C=O) groups excluding carboxylic acids is 1. The van der Waals surface area contributed by atoms with Crippen molar-refractivity contribution in [2.45, 2.75) is 32.6 Å². The molecule has 1 aromatic carbocycles. The largest absolute Gasteiger partial charge is 0.352 e. The molecule has 6 nitrogen and oxygen atoms in total. The van der Waals surface area contributed by atoms with Crippen molar-refractivity contribution in [2.75, 3.05) is 26.2 Å². The summed E-state index contributed by atoms with van der Waals surface area (Å²) in [6.45, 7) is 6.16. The van der Waals surface area contributed by atoms with E-state index in [0.29, 0.717) is 12.1 Å². The lowest BCUT2D eigenvalue weighted by molar-refractivity contribution is 0.0951. The van der Waals surface area contributed by atoms with Gasteiger partial charge in [0, 0.05) is 18.9 Å². The Morgan fingerprint density at radius 2 is 1.79 bits per heavy atom. The van der Waals surface area contributed by atoms with Gasteiger partial charge in [-0.2, -0.15) is 5.10 Å². The quantitative estimate of drug-likeness (QED) is 0.627. The van der Waals surface area contributed by atoms with Gasteiger partial charge >= 0.3 is 0 Å². The van der Waals surface area contributed by atoms with Crippen molar-refractivity contribution >= 4 is 5.91 Å². The van der Waals surface area contributed by atoms with Gasteiger partial charge in [-0.1, -0.05) is 24.1 Å². The van der Waals surface area contributed by atoms with E-state index in [2.05, 4.69) is 34.4 Å². The Bertz CT molecular complexity index is 921. The summed E-state index contributed by atoms with van der Waals surface area (Å²) in [5.74, 6) is 0.679. The van der Waals surface area contributed by atoms with Crippen LogP contribution in [0.15, 0.2) is 55.0 Å². The molecule has 0 bridgehead atoms. The van der Waals surface area contributed by atoms with Crippen LogP contribution < -0.4 is 5.32 Å². The highest BCUT2D eigenvalue weighted by atomic mass is 16.1. The second-order valence-corrected chi connectivity index (χ2v) is 7.73. The summed E-state index contributed by atoms with van der Waals surface area (Å²) < 4.78 is 3.76. The Balaban J connectivity index is 1.47. The molecule has 0 saturated carbocycles. The zero-order valence-electron chi connectivity index (χ0n) is 17.1. The molecular weight excluding hydrogens is 362 g/mol. The summed E-state index contributed by atoms with van der Waals surface area (Å²) in [7, 11) is 0. The van der Waals surface area contributed by atoms with Crippen molar-refractivity contribution < 1.29 is 4.79 Å². The summed E-state index contributed by atoms with van der Waals surface area (Å²) >= 11 is 0. The van der Waals surface area contributed by atoms with Crippen LogP contribution in [0, 0.1) is 6.92 Å². The molecule has 6 heteroatoms. The minimum Gasteiger partial charge on any atom is -0.352 e. The van der Waals surface area contributed by atoms with Crippen molar-refractivity contribution in [2.24, 2.45) is 0 Å². The van der Waals surface area contributed by atoms with Gasteiger partial charge in [0.15, 0.2) is 5.82 Å². The number of nitrogens with one attached hydrogen (secondary N) is 1. The number of piperidine rings is 1. The number of aromatic nitrogens is 3. The van der Waals surface area contributed by atoms with E-state index in [1.807, 2.05) is 45.9 Å². The number of benzene rings is 1. The lowest BCUT2D eigenvalue weighted by Crippen LogP contribution is -2.33. The van der Waals surface area contributed by atoms with Crippen LogP contribution in [0.1, 0.15) is 41.6 Å².